The van der Waals surface area contributed by atoms with Crippen molar-refractivity contribution < 1.29 is 4.39 Å². The first kappa shape index (κ1) is 21.5. The van der Waals surface area contributed by atoms with Gasteiger partial charge < -0.3 is 10.2 Å². The van der Waals surface area contributed by atoms with E-state index in [4.69, 9.17) is 10.1 Å². The molecule has 2 aliphatic rings. The van der Waals surface area contributed by atoms with Crippen molar-refractivity contribution in [1.29, 1.82) is 0 Å². The number of benzene rings is 2. The number of halogens is 1. The van der Waals surface area contributed by atoms with E-state index in [-0.39, 0.29) is 5.82 Å². The number of nitrogens with one attached hydrogen (secondary N) is 2. The largest absolute Gasteiger partial charge is 0.366 e. The molecular formula is C29H23FN8. The Labute approximate surface area is 217 Å². The third-order valence-corrected chi connectivity index (χ3v) is 7.84. The maximum atomic E-state index is 15.8. The van der Waals surface area contributed by atoms with Crippen molar-refractivity contribution in [3.05, 3.63) is 85.2 Å². The molecule has 8 rings (SSSR count). The number of aromatic amines is 1. The number of pyridine rings is 1. The van der Waals surface area contributed by atoms with Crippen molar-refractivity contribution in [3.63, 3.8) is 0 Å². The van der Waals surface area contributed by atoms with Crippen molar-refractivity contribution in [2.75, 3.05) is 18.0 Å². The predicted octanol–water partition coefficient (Wildman–Crippen LogP) is 4.69. The van der Waals surface area contributed by atoms with E-state index in [1.165, 1.54) is 0 Å². The molecular weight excluding hydrogens is 479 g/mol. The minimum absolute atomic E-state index is 0.273. The van der Waals surface area contributed by atoms with E-state index in [1.54, 1.807) is 29.2 Å². The van der Waals surface area contributed by atoms with Crippen molar-refractivity contribution >= 4 is 22.2 Å². The van der Waals surface area contributed by atoms with E-state index in [9.17, 15) is 0 Å². The summed E-state index contributed by atoms with van der Waals surface area (Å²) in [5.41, 5.74) is 7.10. The summed E-state index contributed by atoms with van der Waals surface area (Å²) in [4.78, 5) is 11.2. The molecule has 8 nitrogen and oxygen atoms in total. The summed E-state index contributed by atoms with van der Waals surface area (Å²) in [7, 11) is 0. The number of anilines is 1. The lowest BCUT2D eigenvalue weighted by Gasteiger charge is -2.29. The minimum atomic E-state index is -0.273. The van der Waals surface area contributed by atoms with Gasteiger partial charge in [0.05, 0.1) is 23.0 Å². The smallest absolute Gasteiger partial charge is 0.164 e. The van der Waals surface area contributed by atoms with Crippen LogP contribution in [0.2, 0.25) is 0 Å². The van der Waals surface area contributed by atoms with Crippen LogP contribution in [0.1, 0.15) is 6.42 Å². The average molecular weight is 503 g/mol. The van der Waals surface area contributed by atoms with E-state index in [0.717, 1.165) is 58.5 Å². The Morgan fingerprint density at radius 1 is 0.974 bits per heavy atom. The van der Waals surface area contributed by atoms with Gasteiger partial charge in [-0.25, -0.2) is 13.9 Å². The molecule has 0 spiro atoms. The molecule has 0 aliphatic carbocycles. The second kappa shape index (κ2) is 8.19. The second-order valence-electron chi connectivity index (χ2n) is 9.97. The molecule has 38 heavy (non-hydrogen) atoms. The molecule has 2 aromatic carbocycles. The lowest BCUT2D eigenvalue weighted by Crippen LogP contribution is -2.43. The van der Waals surface area contributed by atoms with E-state index in [0.29, 0.717) is 29.0 Å². The Kier molecular flexibility index (Phi) is 4.62. The molecule has 2 N–H and O–H groups in total. The van der Waals surface area contributed by atoms with Crippen LogP contribution in [0.5, 0.6) is 0 Å². The molecule has 0 amide bonds. The summed E-state index contributed by atoms with van der Waals surface area (Å²) in [6.45, 7) is 1.87. The number of hydrogen-bond donors (Lipinski definition) is 2. The third kappa shape index (κ3) is 3.18. The van der Waals surface area contributed by atoms with Crippen molar-refractivity contribution in [2.45, 2.75) is 18.5 Å². The highest BCUT2D eigenvalue weighted by Gasteiger charge is 2.37. The fourth-order valence-corrected chi connectivity index (χ4v) is 6.06. The van der Waals surface area contributed by atoms with Gasteiger partial charge in [0.1, 0.15) is 11.5 Å². The van der Waals surface area contributed by atoms with Gasteiger partial charge in [-0.15, -0.1) is 0 Å². The molecule has 9 heteroatoms. The molecule has 2 aliphatic heterocycles. The zero-order valence-corrected chi connectivity index (χ0v) is 20.3. The second-order valence-corrected chi connectivity index (χ2v) is 9.97. The standard InChI is InChI=1S/C29H23FN8/c30-24-13-19(37-16-18-12-20(37)14-33-18)4-5-22(24)26-8-11-32-29-27(21-2-1-3-25-23(21)15-34-35-25)28(36-38(26)29)17-6-9-31-10-7-17/h1-11,13,15,18,20,33H,12,14,16H2,(H,34,35)/t18-,20-/m1/s1. The van der Waals surface area contributed by atoms with Crippen LogP contribution in [0.15, 0.2) is 79.4 Å². The van der Waals surface area contributed by atoms with E-state index in [1.807, 2.05) is 54.7 Å². The zero-order chi connectivity index (χ0) is 25.2. The molecule has 2 fully saturated rings. The van der Waals surface area contributed by atoms with Gasteiger partial charge in [-0.2, -0.15) is 10.2 Å². The molecule has 0 saturated carbocycles. The molecule has 4 aromatic heterocycles. The molecule has 0 radical (unpaired) electrons. The van der Waals surface area contributed by atoms with Crippen LogP contribution in [0, 0.1) is 5.82 Å². The lowest BCUT2D eigenvalue weighted by molar-refractivity contribution is 0.577. The summed E-state index contributed by atoms with van der Waals surface area (Å²) in [6.07, 6.45) is 8.14. The van der Waals surface area contributed by atoms with E-state index in [2.05, 4.69) is 25.4 Å². The highest BCUT2D eigenvalue weighted by molar-refractivity contribution is 6.02. The summed E-state index contributed by atoms with van der Waals surface area (Å²) >= 11 is 0. The fourth-order valence-electron chi connectivity index (χ4n) is 6.06. The van der Waals surface area contributed by atoms with Crippen LogP contribution < -0.4 is 10.2 Å². The van der Waals surface area contributed by atoms with Gasteiger partial charge in [0.2, 0.25) is 0 Å². The normalized spacial score (nSPS) is 18.7. The minimum Gasteiger partial charge on any atom is -0.366 e. The lowest BCUT2D eigenvalue weighted by atomic mass is 9.99. The van der Waals surface area contributed by atoms with Gasteiger partial charge in [-0.3, -0.25) is 10.1 Å². The van der Waals surface area contributed by atoms with Gasteiger partial charge in [-0.05, 0) is 54.4 Å². The molecule has 6 aromatic rings. The number of H-pyrrole nitrogens is 1. The van der Waals surface area contributed by atoms with Crippen LogP contribution in [-0.4, -0.2) is 55.0 Å². The fraction of sp³-hybridized carbons (Fsp3) is 0.172. The number of aromatic nitrogens is 6. The number of nitrogens with zero attached hydrogens (tertiary/aromatic N) is 6. The molecule has 186 valence electrons. The SMILES string of the molecule is Fc1cc(N2C[C@H]3C[C@@H]2CN3)ccc1-c1ccnc2c(-c3cccc4[nH]ncc34)c(-c3ccncc3)nn12. The number of fused-ring (bicyclic) bond motifs is 4. The van der Waals surface area contributed by atoms with E-state index < -0.39 is 0 Å². The van der Waals surface area contributed by atoms with Crippen LogP contribution in [0.25, 0.3) is 50.2 Å². The van der Waals surface area contributed by atoms with Gasteiger partial charge >= 0.3 is 0 Å². The number of piperazine rings is 1. The van der Waals surface area contributed by atoms with Crippen molar-refractivity contribution in [1.82, 2.24) is 35.1 Å². The molecule has 2 atom stereocenters. The first-order chi connectivity index (χ1) is 18.7. The first-order valence-electron chi connectivity index (χ1n) is 12.7. The van der Waals surface area contributed by atoms with Crippen LogP contribution >= 0.6 is 0 Å². The maximum absolute atomic E-state index is 15.8. The highest BCUT2D eigenvalue weighted by atomic mass is 19.1. The van der Waals surface area contributed by atoms with Crippen LogP contribution in [-0.2, 0) is 0 Å². The average Bonchev–Trinajstić information content (AvgIpc) is 3.76. The Morgan fingerprint density at radius 2 is 1.89 bits per heavy atom. The van der Waals surface area contributed by atoms with Gasteiger partial charge in [0.15, 0.2) is 5.65 Å². The monoisotopic (exact) mass is 502 g/mol. The highest BCUT2D eigenvalue weighted by Crippen LogP contribution is 2.39. The Hall–Kier alpha value is -4.63. The van der Waals surface area contributed by atoms with Gasteiger partial charge in [0.25, 0.3) is 0 Å². The number of rotatable bonds is 4. The Morgan fingerprint density at radius 3 is 2.71 bits per heavy atom. The number of hydrogen-bond acceptors (Lipinski definition) is 6. The summed E-state index contributed by atoms with van der Waals surface area (Å²) < 4.78 is 17.5. The molecule has 0 unspecified atom stereocenters. The molecule has 2 saturated heterocycles. The molecule has 2 bridgehead atoms. The quantitative estimate of drug-likeness (QED) is 0.364. The van der Waals surface area contributed by atoms with Crippen LogP contribution in [0.4, 0.5) is 10.1 Å². The van der Waals surface area contributed by atoms with Gasteiger partial charge in [-0.1, -0.05) is 12.1 Å². The van der Waals surface area contributed by atoms with Gasteiger partial charge in [0, 0.05) is 66.0 Å². The molecule has 6 heterocycles. The zero-order valence-electron chi connectivity index (χ0n) is 20.3. The van der Waals surface area contributed by atoms with E-state index >= 15 is 4.39 Å². The first-order valence-corrected chi connectivity index (χ1v) is 12.7. The summed E-state index contributed by atoms with van der Waals surface area (Å²) in [6, 6.07) is 18.2. The maximum Gasteiger partial charge on any atom is 0.164 e. The van der Waals surface area contributed by atoms with Crippen LogP contribution in [0.3, 0.4) is 0 Å². The summed E-state index contributed by atoms with van der Waals surface area (Å²) in [5, 5.41) is 16.8. The van der Waals surface area contributed by atoms with Crippen molar-refractivity contribution in [3.8, 4) is 33.6 Å². The van der Waals surface area contributed by atoms with Crippen molar-refractivity contribution in [2.24, 2.45) is 0 Å². The Bertz CT molecular complexity index is 1830. The third-order valence-electron chi connectivity index (χ3n) is 7.84. The Balaban J connectivity index is 1.33. The summed E-state index contributed by atoms with van der Waals surface area (Å²) in [5.74, 6) is -0.273. The topological polar surface area (TPSA) is 87.0 Å². The predicted molar refractivity (Wildman–Crippen MR) is 144 cm³/mol.